The van der Waals surface area contributed by atoms with Gasteiger partial charge in [0.1, 0.15) is 12.2 Å². The molecule has 0 aromatic rings. The number of hydrogen-bond acceptors (Lipinski definition) is 5. The summed E-state index contributed by atoms with van der Waals surface area (Å²) >= 11 is 0. The Morgan fingerprint density at radius 2 is 1.71 bits per heavy atom. The van der Waals surface area contributed by atoms with Crippen molar-refractivity contribution < 1.29 is 23.8 Å². The van der Waals surface area contributed by atoms with Crippen LogP contribution in [0.3, 0.4) is 0 Å². The third kappa shape index (κ3) is 2.41. The van der Waals surface area contributed by atoms with Crippen LogP contribution >= 0.6 is 0 Å². The van der Waals surface area contributed by atoms with Crippen LogP contribution in [-0.4, -0.2) is 29.9 Å². The van der Waals surface area contributed by atoms with Gasteiger partial charge in [0.05, 0.1) is 0 Å². The normalized spacial score (nSPS) is 53.9. The summed E-state index contributed by atoms with van der Waals surface area (Å²) in [6, 6.07) is 0. The molecule has 0 radical (unpaired) electrons. The van der Waals surface area contributed by atoms with E-state index in [0.717, 1.165) is 38.0 Å². The molecule has 0 N–H and O–H groups in total. The van der Waals surface area contributed by atoms with Gasteiger partial charge in [0.25, 0.3) is 0 Å². The van der Waals surface area contributed by atoms with Crippen molar-refractivity contribution in [1.29, 1.82) is 0 Å². The molecule has 28 heavy (non-hydrogen) atoms. The quantitative estimate of drug-likeness (QED) is 0.521. The van der Waals surface area contributed by atoms with E-state index in [-0.39, 0.29) is 29.6 Å². The molecule has 0 aromatic carbocycles. The molecule has 0 aromatic heterocycles. The standard InChI is InChI=1S/C23H34O5/c1-13(24)26-16-7-9-21(3)15(11-16)5-6-17-18(21)8-10-22(4)19(17)12-20-23(22,28-20)27-14(2)25/h15-20H,5-12H2,1-4H3/t15-,16-,17+,18-,19-,20+,21-,22-,23+/m0/s1. The van der Waals surface area contributed by atoms with Gasteiger partial charge in [0.2, 0.25) is 5.79 Å². The number of ether oxygens (including phenoxy) is 3. The minimum atomic E-state index is -0.640. The van der Waals surface area contributed by atoms with E-state index in [1.54, 1.807) is 0 Å². The smallest absolute Gasteiger partial charge is 0.305 e. The number of fused-ring (bicyclic) bond motifs is 7. The average Bonchev–Trinajstić information content (AvgIpc) is 3.24. The number of rotatable bonds is 2. The molecule has 0 spiro atoms. The van der Waals surface area contributed by atoms with Gasteiger partial charge >= 0.3 is 11.9 Å². The Bertz CT molecular complexity index is 705. The highest BCUT2D eigenvalue weighted by atomic mass is 16.8. The first kappa shape index (κ1) is 18.9. The zero-order chi connectivity index (χ0) is 19.9. The second-order valence-corrected chi connectivity index (χ2v) is 10.7. The van der Waals surface area contributed by atoms with Crippen LogP contribution in [0.5, 0.6) is 0 Å². The van der Waals surface area contributed by atoms with Gasteiger partial charge < -0.3 is 14.2 Å². The fraction of sp³-hybridized carbons (Fsp3) is 0.913. The largest absolute Gasteiger partial charge is 0.463 e. The number of hydrogen-bond donors (Lipinski definition) is 0. The first-order valence-corrected chi connectivity index (χ1v) is 11.2. The molecule has 1 aliphatic heterocycles. The minimum absolute atomic E-state index is 0.0390. The molecule has 0 bridgehead atoms. The summed E-state index contributed by atoms with van der Waals surface area (Å²) in [6.07, 6.45) is 9.22. The van der Waals surface area contributed by atoms with Crippen LogP contribution in [0.25, 0.3) is 0 Å². The summed E-state index contributed by atoms with van der Waals surface area (Å²) in [7, 11) is 0. The molecule has 9 atom stereocenters. The van der Waals surface area contributed by atoms with Crippen molar-refractivity contribution >= 4 is 11.9 Å². The molecule has 5 nitrogen and oxygen atoms in total. The molecule has 5 heteroatoms. The van der Waals surface area contributed by atoms with Gasteiger partial charge in [-0.15, -0.1) is 0 Å². The SMILES string of the molecule is CC(=O)O[C@H]1CC[C@@]2(C)[C@@H](CC[C@@H]3[C@@H]2CC[C@@]2(C)[C@H]3C[C@H]3O[C@]32OC(C)=O)C1. The summed E-state index contributed by atoms with van der Waals surface area (Å²) in [5.74, 6) is 1.68. The number of carbonyl (C=O) groups is 2. The third-order valence-corrected chi connectivity index (χ3v) is 9.58. The summed E-state index contributed by atoms with van der Waals surface area (Å²) in [6.45, 7) is 7.85. The molecule has 1 saturated heterocycles. The topological polar surface area (TPSA) is 65.1 Å². The van der Waals surface area contributed by atoms with Crippen molar-refractivity contribution in [1.82, 2.24) is 0 Å². The van der Waals surface area contributed by atoms with Gasteiger partial charge in [0, 0.05) is 19.3 Å². The number of epoxide rings is 1. The second kappa shape index (κ2) is 5.96. The van der Waals surface area contributed by atoms with E-state index in [9.17, 15) is 9.59 Å². The van der Waals surface area contributed by atoms with Crippen LogP contribution in [0.4, 0.5) is 0 Å². The molecule has 1 heterocycles. The highest BCUT2D eigenvalue weighted by Gasteiger charge is 2.80. The summed E-state index contributed by atoms with van der Waals surface area (Å²) in [4.78, 5) is 23.2. The van der Waals surface area contributed by atoms with E-state index >= 15 is 0 Å². The van der Waals surface area contributed by atoms with Crippen molar-refractivity contribution in [2.24, 2.45) is 34.5 Å². The van der Waals surface area contributed by atoms with Crippen molar-refractivity contribution in [2.75, 3.05) is 0 Å². The Morgan fingerprint density at radius 1 is 0.929 bits per heavy atom. The summed E-state index contributed by atoms with van der Waals surface area (Å²) in [5.41, 5.74) is 0.311. The van der Waals surface area contributed by atoms with Gasteiger partial charge in [-0.25, -0.2) is 0 Å². The highest BCUT2D eigenvalue weighted by molar-refractivity contribution is 5.67. The lowest BCUT2D eigenvalue weighted by molar-refractivity contribution is -0.201. The molecule has 4 aliphatic carbocycles. The zero-order valence-electron chi connectivity index (χ0n) is 17.7. The Hall–Kier alpha value is -1.10. The second-order valence-electron chi connectivity index (χ2n) is 10.7. The van der Waals surface area contributed by atoms with E-state index in [2.05, 4.69) is 13.8 Å². The van der Waals surface area contributed by atoms with E-state index in [1.165, 1.54) is 33.1 Å². The van der Waals surface area contributed by atoms with Crippen LogP contribution in [0, 0.1) is 34.5 Å². The number of esters is 2. The van der Waals surface area contributed by atoms with Crippen LogP contribution in [-0.2, 0) is 23.8 Å². The first-order valence-electron chi connectivity index (χ1n) is 11.2. The van der Waals surface area contributed by atoms with E-state index < -0.39 is 5.79 Å². The average molecular weight is 391 g/mol. The Labute approximate surface area is 167 Å². The molecular weight excluding hydrogens is 356 g/mol. The van der Waals surface area contributed by atoms with Gasteiger partial charge in [-0.1, -0.05) is 13.8 Å². The molecular formula is C23H34O5. The molecule has 156 valence electrons. The fourth-order valence-electron chi connectivity index (χ4n) is 8.28. The lowest BCUT2D eigenvalue weighted by Crippen LogP contribution is -2.56. The highest BCUT2D eigenvalue weighted by Crippen LogP contribution is 2.74. The lowest BCUT2D eigenvalue weighted by Gasteiger charge is -2.61. The molecule has 0 amide bonds. The zero-order valence-corrected chi connectivity index (χ0v) is 17.7. The Balaban J connectivity index is 1.36. The van der Waals surface area contributed by atoms with Crippen molar-refractivity contribution in [3.8, 4) is 0 Å². The van der Waals surface area contributed by atoms with Crippen LogP contribution in [0.1, 0.15) is 79.1 Å². The van der Waals surface area contributed by atoms with E-state index in [0.29, 0.717) is 23.2 Å². The van der Waals surface area contributed by atoms with Crippen LogP contribution in [0.15, 0.2) is 0 Å². The van der Waals surface area contributed by atoms with Crippen molar-refractivity contribution in [3.05, 3.63) is 0 Å². The van der Waals surface area contributed by atoms with Gasteiger partial charge in [0.15, 0.2) is 0 Å². The molecule has 5 aliphatic rings. The lowest BCUT2D eigenvalue weighted by atomic mass is 9.45. The predicted octanol–water partition coefficient (Wildman–Crippen LogP) is 4.23. The molecule has 5 rings (SSSR count). The van der Waals surface area contributed by atoms with Crippen LogP contribution < -0.4 is 0 Å². The fourth-order valence-corrected chi connectivity index (χ4v) is 8.28. The van der Waals surface area contributed by atoms with Crippen molar-refractivity contribution in [2.45, 2.75) is 97.1 Å². The molecule has 5 fully saturated rings. The number of carbonyl (C=O) groups excluding carboxylic acids is 2. The summed E-state index contributed by atoms with van der Waals surface area (Å²) < 4.78 is 17.4. The third-order valence-electron chi connectivity index (χ3n) is 9.58. The van der Waals surface area contributed by atoms with Crippen LogP contribution in [0.2, 0.25) is 0 Å². The molecule has 4 saturated carbocycles. The van der Waals surface area contributed by atoms with E-state index in [4.69, 9.17) is 14.2 Å². The van der Waals surface area contributed by atoms with Gasteiger partial charge in [-0.05, 0) is 80.5 Å². The summed E-state index contributed by atoms with van der Waals surface area (Å²) in [5, 5.41) is 0. The monoisotopic (exact) mass is 390 g/mol. The maximum Gasteiger partial charge on any atom is 0.305 e. The predicted molar refractivity (Wildman–Crippen MR) is 102 cm³/mol. The van der Waals surface area contributed by atoms with Gasteiger partial charge in [-0.3, -0.25) is 9.59 Å². The Morgan fingerprint density at radius 3 is 2.43 bits per heavy atom. The van der Waals surface area contributed by atoms with E-state index in [1.807, 2.05) is 0 Å². The molecule has 0 unspecified atom stereocenters. The van der Waals surface area contributed by atoms with Crippen molar-refractivity contribution in [3.63, 3.8) is 0 Å². The first-order chi connectivity index (χ1) is 13.2. The Kier molecular flexibility index (Phi) is 4.02. The van der Waals surface area contributed by atoms with Gasteiger partial charge in [-0.2, -0.15) is 0 Å². The maximum absolute atomic E-state index is 11.7. The maximum atomic E-state index is 11.7. The minimum Gasteiger partial charge on any atom is -0.463 e.